The molecule has 5 rings (SSSR count). The third-order valence-corrected chi connectivity index (χ3v) is 7.21. The summed E-state index contributed by atoms with van der Waals surface area (Å²) in [6.45, 7) is 1.96. The van der Waals surface area contributed by atoms with Crippen molar-refractivity contribution in [2.24, 2.45) is 0 Å². The number of aromatic nitrogens is 3. The predicted octanol–water partition coefficient (Wildman–Crippen LogP) is 3.20. The molecule has 0 radical (unpaired) electrons. The van der Waals surface area contributed by atoms with Crippen LogP contribution >= 0.6 is 0 Å². The number of H-pyrrole nitrogens is 1. The van der Waals surface area contributed by atoms with Crippen LogP contribution < -0.4 is 0 Å². The molecule has 4 heterocycles. The molecule has 0 unspecified atom stereocenters. The number of aromatic amines is 1. The molecule has 1 aromatic carbocycles. The molecule has 3 aromatic heterocycles. The first-order valence-electron chi connectivity index (χ1n) is 9.01. The summed E-state index contributed by atoms with van der Waals surface area (Å²) in [6.07, 6.45) is 3.56. The Balaban J connectivity index is 1.73. The summed E-state index contributed by atoms with van der Waals surface area (Å²) >= 11 is 0. The van der Waals surface area contributed by atoms with Gasteiger partial charge >= 0.3 is 0 Å². The molecule has 28 heavy (non-hydrogen) atoms. The molecule has 0 saturated carbocycles. The Morgan fingerprint density at radius 2 is 2.00 bits per heavy atom. The van der Waals surface area contributed by atoms with Gasteiger partial charge in [-0.1, -0.05) is 29.4 Å². The third-order valence-electron chi connectivity index (χ3n) is 5.25. The van der Waals surface area contributed by atoms with E-state index >= 15 is 0 Å². The van der Waals surface area contributed by atoms with Gasteiger partial charge in [0.25, 0.3) is 0 Å². The summed E-state index contributed by atoms with van der Waals surface area (Å²) in [5, 5.41) is 4.78. The van der Waals surface area contributed by atoms with Gasteiger partial charge in [-0.15, -0.1) is 0 Å². The molecule has 0 bridgehead atoms. The van der Waals surface area contributed by atoms with E-state index in [0.717, 1.165) is 22.2 Å². The Labute approximate surface area is 162 Å². The van der Waals surface area contributed by atoms with Crippen molar-refractivity contribution in [3.05, 3.63) is 77.6 Å². The molecule has 0 amide bonds. The number of fused-ring (bicyclic) bond motifs is 3. The second-order valence-corrected chi connectivity index (χ2v) is 8.69. The fraction of sp³-hybridized carbons (Fsp3) is 0.200. The molecule has 8 heteroatoms. The minimum absolute atomic E-state index is 0.0907. The molecule has 7 nitrogen and oxygen atoms in total. The van der Waals surface area contributed by atoms with Crippen LogP contribution in [0.2, 0.25) is 0 Å². The van der Waals surface area contributed by atoms with Gasteiger partial charge in [-0.3, -0.25) is 4.98 Å². The Hall–Kier alpha value is -2.97. The minimum atomic E-state index is -3.81. The number of sulfonamides is 1. The number of hydrogen-bond acceptors (Lipinski definition) is 5. The number of nitrogens with zero attached hydrogens (tertiary/aromatic N) is 3. The number of hydrogen-bond donors (Lipinski definition) is 1. The van der Waals surface area contributed by atoms with Crippen LogP contribution in [0.15, 0.2) is 64.3 Å². The highest BCUT2D eigenvalue weighted by Crippen LogP contribution is 2.40. The number of para-hydroxylation sites is 1. The van der Waals surface area contributed by atoms with Crippen LogP contribution in [0.5, 0.6) is 0 Å². The Morgan fingerprint density at radius 3 is 2.75 bits per heavy atom. The van der Waals surface area contributed by atoms with Crippen molar-refractivity contribution in [2.75, 3.05) is 6.54 Å². The van der Waals surface area contributed by atoms with Crippen molar-refractivity contribution >= 4 is 20.9 Å². The Kier molecular flexibility index (Phi) is 3.85. The fourth-order valence-corrected chi connectivity index (χ4v) is 5.63. The molecule has 142 valence electrons. The zero-order valence-electron chi connectivity index (χ0n) is 15.2. The van der Waals surface area contributed by atoms with E-state index in [9.17, 15) is 8.42 Å². The van der Waals surface area contributed by atoms with Crippen LogP contribution in [-0.4, -0.2) is 34.4 Å². The van der Waals surface area contributed by atoms with E-state index < -0.39 is 16.1 Å². The number of nitrogens with one attached hydrogen (secondary N) is 1. The van der Waals surface area contributed by atoms with Crippen molar-refractivity contribution in [3.8, 4) is 0 Å². The van der Waals surface area contributed by atoms with Crippen LogP contribution in [0.3, 0.4) is 0 Å². The molecular weight excluding hydrogens is 376 g/mol. The second-order valence-electron chi connectivity index (χ2n) is 6.83. The SMILES string of the molecule is Cc1oncc1S(=O)(=O)N1CCc2c([nH]c3ccccc23)[C@H]1c1ccccn1. The monoisotopic (exact) mass is 394 g/mol. The molecule has 0 fully saturated rings. The summed E-state index contributed by atoms with van der Waals surface area (Å²) in [6, 6.07) is 13.0. The molecule has 0 spiro atoms. The molecular formula is C20H18N4O3S. The lowest BCUT2D eigenvalue weighted by Gasteiger charge is -2.34. The quantitative estimate of drug-likeness (QED) is 0.576. The first-order valence-corrected chi connectivity index (χ1v) is 10.4. The summed E-state index contributed by atoms with van der Waals surface area (Å²) in [5.41, 5.74) is 3.67. The van der Waals surface area contributed by atoms with Gasteiger partial charge in [0, 0.05) is 29.3 Å². The van der Waals surface area contributed by atoms with Gasteiger partial charge in [0.2, 0.25) is 10.0 Å². The maximum absolute atomic E-state index is 13.5. The topological polar surface area (TPSA) is 92.1 Å². The highest BCUT2D eigenvalue weighted by molar-refractivity contribution is 7.89. The van der Waals surface area contributed by atoms with Crippen molar-refractivity contribution in [2.45, 2.75) is 24.3 Å². The lowest BCUT2D eigenvalue weighted by atomic mass is 9.97. The highest BCUT2D eigenvalue weighted by atomic mass is 32.2. The minimum Gasteiger partial charge on any atom is -0.360 e. The van der Waals surface area contributed by atoms with Gasteiger partial charge in [-0.05, 0) is 37.1 Å². The first kappa shape index (κ1) is 17.2. The van der Waals surface area contributed by atoms with Crippen molar-refractivity contribution in [1.29, 1.82) is 0 Å². The maximum Gasteiger partial charge on any atom is 0.249 e. The van der Waals surface area contributed by atoms with Crippen LogP contribution in [0.4, 0.5) is 0 Å². The molecule has 0 aliphatic carbocycles. The fourth-order valence-electron chi connectivity index (χ4n) is 3.97. The van der Waals surface area contributed by atoms with Crippen molar-refractivity contribution in [1.82, 2.24) is 19.4 Å². The first-order chi connectivity index (χ1) is 13.6. The lowest BCUT2D eigenvalue weighted by molar-refractivity contribution is 0.334. The van der Waals surface area contributed by atoms with Gasteiger partial charge in [-0.25, -0.2) is 8.42 Å². The van der Waals surface area contributed by atoms with Gasteiger partial charge in [0.05, 0.1) is 11.9 Å². The average Bonchev–Trinajstić information content (AvgIpc) is 3.31. The van der Waals surface area contributed by atoms with Crippen LogP contribution in [0, 0.1) is 6.92 Å². The van der Waals surface area contributed by atoms with E-state index in [1.807, 2.05) is 36.4 Å². The third kappa shape index (κ3) is 2.49. The molecule has 1 aliphatic heterocycles. The maximum atomic E-state index is 13.5. The zero-order chi connectivity index (χ0) is 19.3. The number of rotatable bonds is 3. The summed E-state index contributed by atoms with van der Waals surface area (Å²) in [5.74, 6) is 0.280. The lowest BCUT2D eigenvalue weighted by Crippen LogP contribution is -2.41. The van der Waals surface area contributed by atoms with Crippen LogP contribution in [-0.2, 0) is 16.4 Å². The number of aryl methyl sites for hydroxylation is 1. The molecule has 0 saturated heterocycles. The summed E-state index contributed by atoms with van der Waals surface area (Å²) in [4.78, 5) is 8.01. The molecule has 1 aliphatic rings. The number of pyridine rings is 1. The normalized spacial score (nSPS) is 17.7. The summed E-state index contributed by atoms with van der Waals surface area (Å²) < 4.78 is 33.4. The Morgan fingerprint density at radius 1 is 1.18 bits per heavy atom. The smallest absolute Gasteiger partial charge is 0.249 e. The molecule has 4 aromatic rings. The largest absolute Gasteiger partial charge is 0.360 e. The predicted molar refractivity (Wildman–Crippen MR) is 103 cm³/mol. The van der Waals surface area contributed by atoms with Gasteiger partial charge in [0.15, 0.2) is 5.76 Å². The van der Waals surface area contributed by atoms with Gasteiger partial charge in [0.1, 0.15) is 10.9 Å². The highest BCUT2D eigenvalue weighted by Gasteiger charge is 2.41. The van der Waals surface area contributed by atoms with E-state index in [0.29, 0.717) is 18.7 Å². The number of benzene rings is 1. The standard InChI is InChI=1S/C20H18N4O3S/c1-13-18(12-22-27-13)28(25,26)24-11-9-15-14-6-2-3-7-16(14)23-19(15)20(24)17-8-4-5-10-21-17/h2-8,10,12,20,23H,9,11H2,1H3/t20-/m1/s1. The van der Waals surface area contributed by atoms with Crippen molar-refractivity contribution in [3.63, 3.8) is 0 Å². The van der Waals surface area contributed by atoms with E-state index in [1.165, 1.54) is 10.5 Å². The van der Waals surface area contributed by atoms with Gasteiger partial charge < -0.3 is 9.51 Å². The zero-order valence-corrected chi connectivity index (χ0v) is 16.0. The molecule has 1 atom stereocenters. The van der Waals surface area contributed by atoms with E-state index in [4.69, 9.17) is 4.52 Å². The van der Waals surface area contributed by atoms with Gasteiger partial charge in [-0.2, -0.15) is 4.31 Å². The van der Waals surface area contributed by atoms with E-state index in [2.05, 4.69) is 21.2 Å². The van der Waals surface area contributed by atoms with E-state index in [-0.39, 0.29) is 10.7 Å². The second kappa shape index (κ2) is 6.29. The van der Waals surface area contributed by atoms with Crippen LogP contribution in [0.25, 0.3) is 10.9 Å². The Bertz CT molecular complexity index is 1260. The van der Waals surface area contributed by atoms with Crippen molar-refractivity contribution < 1.29 is 12.9 Å². The average molecular weight is 394 g/mol. The molecule has 1 N–H and O–H groups in total. The van der Waals surface area contributed by atoms with Crippen LogP contribution in [0.1, 0.15) is 28.8 Å². The summed E-state index contributed by atoms with van der Waals surface area (Å²) in [7, 11) is -3.81. The van der Waals surface area contributed by atoms with E-state index in [1.54, 1.807) is 13.1 Å².